The van der Waals surface area contributed by atoms with Crippen LogP contribution in [0.5, 0.6) is 0 Å². The first-order chi connectivity index (χ1) is 7.90. The largest absolute Gasteiger partial charge is 0.385 e. The third-order valence-electron chi connectivity index (χ3n) is 3.06. The SMILES string of the molecule is COC(CC(C)(O)c1cc(C)ccc1C)OC. The summed E-state index contributed by atoms with van der Waals surface area (Å²) in [5, 5.41) is 10.6. The van der Waals surface area contributed by atoms with Crippen molar-refractivity contribution in [3.05, 3.63) is 34.9 Å². The summed E-state index contributed by atoms with van der Waals surface area (Å²) in [4.78, 5) is 0. The minimum atomic E-state index is -0.952. The van der Waals surface area contributed by atoms with Crippen molar-refractivity contribution in [1.82, 2.24) is 0 Å². The minimum Gasteiger partial charge on any atom is -0.385 e. The Bertz CT molecular complexity index is 368. The molecule has 17 heavy (non-hydrogen) atoms. The number of hydrogen-bond acceptors (Lipinski definition) is 3. The lowest BCUT2D eigenvalue weighted by Crippen LogP contribution is -2.30. The number of aryl methyl sites for hydroxylation is 2. The van der Waals surface area contributed by atoms with E-state index in [9.17, 15) is 5.11 Å². The fourth-order valence-electron chi connectivity index (χ4n) is 2.01. The maximum absolute atomic E-state index is 10.6. The molecule has 3 nitrogen and oxygen atoms in total. The molecule has 0 amide bonds. The lowest BCUT2D eigenvalue weighted by atomic mass is 9.88. The van der Waals surface area contributed by atoms with Gasteiger partial charge in [0.25, 0.3) is 0 Å². The molecule has 0 aromatic heterocycles. The Hall–Kier alpha value is -0.900. The van der Waals surface area contributed by atoms with Crippen molar-refractivity contribution in [2.75, 3.05) is 14.2 Å². The Morgan fingerprint density at radius 2 is 1.82 bits per heavy atom. The molecule has 96 valence electrons. The van der Waals surface area contributed by atoms with Crippen LogP contribution in [0.1, 0.15) is 30.0 Å². The van der Waals surface area contributed by atoms with E-state index < -0.39 is 11.9 Å². The number of ether oxygens (including phenoxy) is 2. The summed E-state index contributed by atoms with van der Waals surface area (Å²) in [6, 6.07) is 6.07. The summed E-state index contributed by atoms with van der Waals surface area (Å²) in [5.41, 5.74) is 2.19. The average molecular weight is 238 g/mol. The van der Waals surface area contributed by atoms with Crippen molar-refractivity contribution in [3.8, 4) is 0 Å². The fraction of sp³-hybridized carbons (Fsp3) is 0.571. The Balaban J connectivity index is 2.99. The quantitative estimate of drug-likeness (QED) is 0.801. The summed E-state index contributed by atoms with van der Waals surface area (Å²) in [5.74, 6) is 0. The first-order valence-corrected chi connectivity index (χ1v) is 5.76. The van der Waals surface area contributed by atoms with Gasteiger partial charge in [0.15, 0.2) is 6.29 Å². The van der Waals surface area contributed by atoms with Gasteiger partial charge in [-0.2, -0.15) is 0 Å². The van der Waals surface area contributed by atoms with Gasteiger partial charge in [-0.15, -0.1) is 0 Å². The molecule has 0 bridgehead atoms. The molecule has 0 heterocycles. The summed E-state index contributed by atoms with van der Waals surface area (Å²) in [6.45, 7) is 5.81. The zero-order valence-corrected chi connectivity index (χ0v) is 11.3. The van der Waals surface area contributed by atoms with Gasteiger partial charge in [-0.1, -0.05) is 23.8 Å². The van der Waals surface area contributed by atoms with Crippen molar-refractivity contribution in [3.63, 3.8) is 0 Å². The maximum Gasteiger partial charge on any atom is 0.159 e. The monoisotopic (exact) mass is 238 g/mol. The molecule has 0 aliphatic rings. The van der Waals surface area contributed by atoms with Crippen LogP contribution in [0.15, 0.2) is 18.2 Å². The highest BCUT2D eigenvalue weighted by molar-refractivity contribution is 5.34. The molecule has 3 heteroatoms. The highest BCUT2D eigenvalue weighted by Gasteiger charge is 2.29. The summed E-state index contributed by atoms with van der Waals surface area (Å²) in [6.07, 6.45) is 0.00881. The number of aliphatic hydroxyl groups is 1. The molecule has 0 radical (unpaired) electrons. The minimum absolute atomic E-state index is 0.398. The van der Waals surface area contributed by atoms with Crippen LogP contribution in [0.2, 0.25) is 0 Å². The normalized spacial score (nSPS) is 15.0. The average Bonchev–Trinajstić information content (AvgIpc) is 2.29. The summed E-state index contributed by atoms with van der Waals surface area (Å²) < 4.78 is 10.3. The van der Waals surface area contributed by atoms with Crippen LogP contribution in [0.25, 0.3) is 0 Å². The number of hydrogen-bond donors (Lipinski definition) is 1. The van der Waals surface area contributed by atoms with Crippen molar-refractivity contribution in [2.24, 2.45) is 0 Å². The van der Waals surface area contributed by atoms with Crippen molar-refractivity contribution >= 4 is 0 Å². The third-order valence-corrected chi connectivity index (χ3v) is 3.06. The Morgan fingerprint density at radius 3 is 2.35 bits per heavy atom. The second-order valence-corrected chi connectivity index (χ2v) is 4.70. The lowest BCUT2D eigenvalue weighted by molar-refractivity contribution is -0.142. The molecule has 0 aliphatic carbocycles. The smallest absolute Gasteiger partial charge is 0.159 e. The Labute approximate surface area is 103 Å². The van der Waals surface area contributed by atoms with Crippen LogP contribution >= 0.6 is 0 Å². The Morgan fingerprint density at radius 1 is 1.24 bits per heavy atom. The van der Waals surface area contributed by atoms with Gasteiger partial charge in [0.05, 0.1) is 5.60 Å². The highest BCUT2D eigenvalue weighted by atomic mass is 16.7. The molecule has 1 unspecified atom stereocenters. The number of methoxy groups -OCH3 is 2. The predicted octanol–water partition coefficient (Wildman–Crippen LogP) is 2.52. The van der Waals surface area contributed by atoms with E-state index in [1.54, 1.807) is 21.1 Å². The molecular formula is C14H22O3. The molecule has 1 N–H and O–H groups in total. The van der Waals surface area contributed by atoms with E-state index in [1.165, 1.54) is 0 Å². The molecule has 0 spiro atoms. The van der Waals surface area contributed by atoms with Crippen molar-refractivity contribution < 1.29 is 14.6 Å². The van der Waals surface area contributed by atoms with Gasteiger partial charge in [0, 0.05) is 20.6 Å². The van der Waals surface area contributed by atoms with Crippen LogP contribution in [0.4, 0.5) is 0 Å². The second-order valence-electron chi connectivity index (χ2n) is 4.70. The molecule has 1 atom stereocenters. The topological polar surface area (TPSA) is 38.7 Å². The molecule has 1 rings (SSSR count). The van der Waals surface area contributed by atoms with Crippen molar-refractivity contribution in [2.45, 2.75) is 39.1 Å². The maximum atomic E-state index is 10.6. The number of rotatable bonds is 5. The van der Waals surface area contributed by atoms with E-state index >= 15 is 0 Å². The molecule has 0 saturated heterocycles. The first-order valence-electron chi connectivity index (χ1n) is 5.76. The first kappa shape index (κ1) is 14.2. The van der Waals surface area contributed by atoms with Crippen LogP contribution in [-0.4, -0.2) is 25.6 Å². The third kappa shape index (κ3) is 3.53. The van der Waals surface area contributed by atoms with E-state index in [1.807, 2.05) is 32.0 Å². The lowest BCUT2D eigenvalue weighted by Gasteiger charge is -2.29. The van der Waals surface area contributed by atoms with Crippen LogP contribution in [-0.2, 0) is 15.1 Å². The fourth-order valence-corrected chi connectivity index (χ4v) is 2.01. The van der Waals surface area contributed by atoms with Gasteiger partial charge in [-0.3, -0.25) is 0 Å². The zero-order valence-electron chi connectivity index (χ0n) is 11.3. The van der Waals surface area contributed by atoms with E-state index in [4.69, 9.17) is 9.47 Å². The molecule has 0 aliphatic heterocycles. The van der Waals surface area contributed by atoms with Gasteiger partial charge < -0.3 is 14.6 Å². The van der Waals surface area contributed by atoms with Gasteiger partial charge >= 0.3 is 0 Å². The molecule has 1 aromatic carbocycles. The molecule has 0 fully saturated rings. The van der Waals surface area contributed by atoms with Gasteiger partial charge in [0.2, 0.25) is 0 Å². The van der Waals surface area contributed by atoms with Gasteiger partial charge in [-0.05, 0) is 31.9 Å². The van der Waals surface area contributed by atoms with Gasteiger partial charge in [-0.25, -0.2) is 0 Å². The molecular weight excluding hydrogens is 216 g/mol. The Kier molecular flexibility index (Phi) is 4.69. The second kappa shape index (κ2) is 5.63. The summed E-state index contributed by atoms with van der Waals surface area (Å²) in [7, 11) is 3.15. The number of benzene rings is 1. The van der Waals surface area contributed by atoms with E-state index in [0.29, 0.717) is 6.42 Å². The van der Waals surface area contributed by atoms with E-state index in [2.05, 4.69) is 0 Å². The van der Waals surface area contributed by atoms with E-state index in [0.717, 1.165) is 16.7 Å². The highest BCUT2D eigenvalue weighted by Crippen LogP contribution is 2.30. The molecule has 1 aromatic rings. The predicted molar refractivity (Wildman–Crippen MR) is 67.9 cm³/mol. The van der Waals surface area contributed by atoms with Crippen molar-refractivity contribution in [1.29, 1.82) is 0 Å². The van der Waals surface area contributed by atoms with E-state index in [-0.39, 0.29) is 0 Å². The molecule has 0 saturated carbocycles. The summed E-state index contributed by atoms with van der Waals surface area (Å²) >= 11 is 0. The van der Waals surface area contributed by atoms with Gasteiger partial charge in [0.1, 0.15) is 0 Å². The van der Waals surface area contributed by atoms with Crippen LogP contribution < -0.4 is 0 Å². The zero-order chi connectivity index (χ0) is 13.1. The van der Waals surface area contributed by atoms with Crippen LogP contribution in [0, 0.1) is 13.8 Å². The van der Waals surface area contributed by atoms with Crippen LogP contribution in [0.3, 0.4) is 0 Å². The standard InChI is InChI=1S/C14H22O3/c1-10-6-7-11(2)12(8-10)14(3,15)9-13(16-4)17-5/h6-8,13,15H,9H2,1-5H3.